The van der Waals surface area contributed by atoms with Gasteiger partial charge in [-0.25, -0.2) is 14.6 Å². The number of hydrogen-bond acceptors (Lipinski definition) is 5. The number of carbonyl (C=O) groups excluding carboxylic acids is 1. The zero-order valence-corrected chi connectivity index (χ0v) is 18.3. The Hall–Kier alpha value is -3.81. The maximum Gasteiger partial charge on any atom is 0.256 e. The molecule has 0 aliphatic carbocycles. The number of nitrogens with one attached hydrogen (secondary N) is 1. The Morgan fingerprint density at radius 2 is 1.61 bits per heavy atom. The predicted molar refractivity (Wildman–Crippen MR) is 119 cm³/mol. The first-order chi connectivity index (χ1) is 14.7. The fourth-order valence-corrected chi connectivity index (χ4v) is 3.22. The highest BCUT2D eigenvalue weighted by atomic mass is 16.1. The highest BCUT2D eigenvalue weighted by Crippen LogP contribution is 2.25. The van der Waals surface area contributed by atoms with Crippen molar-refractivity contribution in [2.75, 3.05) is 5.32 Å². The predicted octanol–water partition coefficient (Wildman–Crippen LogP) is 4.01. The number of rotatable bonds is 4. The standard InChI is InChI=1S/C23H25N7O/c1-15-13-16(2)29(27-15)18-9-7-17(8-10-18)21(31)26-20-14-19(23(3,4)5)28-30(20)22-24-11-6-12-25-22/h6-14H,1-5H3,(H,26,31). The molecule has 0 aliphatic rings. The van der Waals surface area contributed by atoms with E-state index in [1.165, 1.54) is 0 Å². The van der Waals surface area contributed by atoms with E-state index in [0.717, 1.165) is 22.8 Å². The number of aromatic nitrogens is 6. The highest BCUT2D eigenvalue weighted by Gasteiger charge is 2.22. The molecule has 4 aromatic rings. The average Bonchev–Trinajstić information content (AvgIpc) is 3.31. The van der Waals surface area contributed by atoms with E-state index in [1.807, 2.05) is 42.8 Å². The normalized spacial score (nSPS) is 11.5. The Balaban J connectivity index is 1.62. The zero-order valence-electron chi connectivity index (χ0n) is 18.3. The van der Waals surface area contributed by atoms with Crippen LogP contribution in [0.5, 0.6) is 0 Å². The van der Waals surface area contributed by atoms with Crippen molar-refractivity contribution in [1.82, 2.24) is 29.5 Å². The highest BCUT2D eigenvalue weighted by molar-refractivity contribution is 6.04. The maximum atomic E-state index is 13.0. The van der Waals surface area contributed by atoms with E-state index < -0.39 is 0 Å². The summed E-state index contributed by atoms with van der Waals surface area (Å²) in [5.74, 6) is 0.675. The van der Waals surface area contributed by atoms with Crippen LogP contribution in [0, 0.1) is 13.8 Å². The molecule has 0 aliphatic heterocycles. The van der Waals surface area contributed by atoms with Crippen molar-refractivity contribution in [2.24, 2.45) is 0 Å². The molecule has 158 valence electrons. The van der Waals surface area contributed by atoms with Crippen LogP contribution < -0.4 is 5.32 Å². The minimum Gasteiger partial charge on any atom is -0.306 e. The second-order valence-corrected chi connectivity index (χ2v) is 8.47. The van der Waals surface area contributed by atoms with Gasteiger partial charge in [-0.1, -0.05) is 20.8 Å². The monoisotopic (exact) mass is 415 g/mol. The number of amides is 1. The van der Waals surface area contributed by atoms with Gasteiger partial charge in [0.25, 0.3) is 11.9 Å². The van der Waals surface area contributed by atoms with Gasteiger partial charge in [0.2, 0.25) is 0 Å². The van der Waals surface area contributed by atoms with Gasteiger partial charge < -0.3 is 5.32 Å². The molecule has 0 saturated carbocycles. The largest absolute Gasteiger partial charge is 0.306 e. The summed E-state index contributed by atoms with van der Waals surface area (Å²) in [7, 11) is 0. The number of benzene rings is 1. The number of carbonyl (C=O) groups is 1. The Kier molecular flexibility index (Phi) is 5.14. The SMILES string of the molecule is Cc1cc(C)n(-c2ccc(C(=O)Nc3cc(C(C)(C)C)nn3-c3ncccn3)cc2)n1. The van der Waals surface area contributed by atoms with Gasteiger partial charge in [-0.2, -0.15) is 14.9 Å². The molecule has 3 aromatic heterocycles. The van der Waals surface area contributed by atoms with E-state index >= 15 is 0 Å². The summed E-state index contributed by atoms with van der Waals surface area (Å²) < 4.78 is 3.41. The molecule has 0 atom stereocenters. The third kappa shape index (κ3) is 4.23. The first-order valence-electron chi connectivity index (χ1n) is 10.1. The number of aryl methyl sites for hydroxylation is 2. The average molecular weight is 416 g/mol. The van der Waals surface area contributed by atoms with E-state index in [4.69, 9.17) is 0 Å². The molecular weight excluding hydrogens is 390 g/mol. The van der Waals surface area contributed by atoms with Gasteiger partial charge in [0, 0.05) is 35.1 Å². The second kappa shape index (κ2) is 7.79. The van der Waals surface area contributed by atoms with E-state index in [2.05, 4.69) is 46.3 Å². The van der Waals surface area contributed by atoms with Crippen LogP contribution in [-0.4, -0.2) is 35.4 Å². The van der Waals surface area contributed by atoms with Gasteiger partial charge in [0.1, 0.15) is 5.82 Å². The third-order valence-electron chi connectivity index (χ3n) is 4.84. The lowest BCUT2D eigenvalue weighted by atomic mass is 9.92. The summed E-state index contributed by atoms with van der Waals surface area (Å²) in [4.78, 5) is 21.5. The number of hydrogen-bond donors (Lipinski definition) is 1. The Morgan fingerprint density at radius 1 is 0.935 bits per heavy atom. The maximum absolute atomic E-state index is 13.0. The van der Waals surface area contributed by atoms with Crippen LogP contribution in [0.3, 0.4) is 0 Å². The van der Waals surface area contributed by atoms with Crippen LogP contribution in [0.25, 0.3) is 11.6 Å². The molecule has 1 amide bonds. The second-order valence-electron chi connectivity index (χ2n) is 8.47. The molecule has 31 heavy (non-hydrogen) atoms. The van der Waals surface area contributed by atoms with Crippen LogP contribution in [-0.2, 0) is 5.41 Å². The van der Waals surface area contributed by atoms with Crippen molar-refractivity contribution in [3.8, 4) is 11.6 Å². The summed E-state index contributed by atoms with van der Waals surface area (Å²) in [6.07, 6.45) is 3.29. The molecule has 1 aromatic carbocycles. The minimum absolute atomic E-state index is 0.194. The molecule has 0 spiro atoms. The van der Waals surface area contributed by atoms with Gasteiger partial charge in [-0.3, -0.25) is 4.79 Å². The molecule has 0 radical (unpaired) electrons. The zero-order chi connectivity index (χ0) is 22.2. The smallest absolute Gasteiger partial charge is 0.256 e. The molecular formula is C23H25N7O. The summed E-state index contributed by atoms with van der Waals surface area (Å²) in [6, 6.07) is 12.9. The van der Waals surface area contributed by atoms with Crippen molar-refractivity contribution in [3.05, 3.63) is 77.5 Å². The Morgan fingerprint density at radius 3 is 2.19 bits per heavy atom. The summed E-state index contributed by atoms with van der Waals surface area (Å²) in [5.41, 5.74) is 4.06. The van der Waals surface area contributed by atoms with Crippen molar-refractivity contribution in [2.45, 2.75) is 40.0 Å². The summed E-state index contributed by atoms with van der Waals surface area (Å²) in [5, 5.41) is 12.1. The first kappa shape index (κ1) is 20.5. The minimum atomic E-state index is -0.238. The van der Waals surface area contributed by atoms with Gasteiger partial charge >= 0.3 is 0 Å². The fraction of sp³-hybridized carbons (Fsp3) is 0.261. The topological polar surface area (TPSA) is 90.5 Å². The van der Waals surface area contributed by atoms with Crippen LogP contribution in [0.4, 0.5) is 5.82 Å². The van der Waals surface area contributed by atoms with Gasteiger partial charge in [0.05, 0.1) is 17.1 Å². The van der Waals surface area contributed by atoms with Crippen LogP contribution in [0.1, 0.15) is 48.2 Å². The van der Waals surface area contributed by atoms with Crippen molar-refractivity contribution >= 4 is 11.7 Å². The van der Waals surface area contributed by atoms with Gasteiger partial charge in [-0.05, 0) is 50.2 Å². The number of nitrogens with zero attached hydrogens (tertiary/aromatic N) is 6. The quantitative estimate of drug-likeness (QED) is 0.544. The lowest BCUT2D eigenvalue weighted by Gasteiger charge is -2.13. The summed E-state index contributed by atoms with van der Waals surface area (Å²) >= 11 is 0. The molecule has 8 heteroatoms. The van der Waals surface area contributed by atoms with E-state index in [1.54, 1.807) is 35.3 Å². The number of anilines is 1. The molecule has 8 nitrogen and oxygen atoms in total. The van der Waals surface area contributed by atoms with Crippen molar-refractivity contribution in [1.29, 1.82) is 0 Å². The molecule has 4 rings (SSSR count). The summed E-state index contributed by atoms with van der Waals surface area (Å²) in [6.45, 7) is 10.1. The van der Waals surface area contributed by atoms with Gasteiger partial charge in [0.15, 0.2) is 0 Å². The lowest BCUT2D eigenvalue weighted by molar-refractivity contribution is 0.102. The van der Waals surface area contributed by atoms with E-state index in [9.17, 15) is 4.79 Å². The molecule has 0 fully saturated rings. The molecule has 0 saturated heterocycles. The molecule has 3 heterocycles. The van der Waals surface area contributed by atoms with E-state index in [-0.39, 0.29) is 11.3 Å². The van der Waals surface area contributed by atoms with Crippen molar-refractivity contribution in [3.63, 3.8) is 0 Å². The molecule has 0 unspecified atom stereocenters. The third-order valence-corrected chi connectivity index (χ3v) is 4.84. The molecule has 0 bridgehead atoms. The lowest BCUT2D eigenvalue weighted by Crippen LogP contribution is -2.16. The van der Waals surface area contributed by atoms with Crippen LogP contribution >= 0.6 is 0 Å². The van der Waals surface area contributed by atoms with Gasteiger partial charge in [-0.15, -0.1) is 0 Å². The van der Waals surface area contributed by atoms with Crippen LogP contribution in [0.15, 0.2) is 54.9 Å². The van der Waals surface area contributed by atoms with Crippen LogP contribution in [0.2, 0.25) is 0 Å². The van der Waals surface area contributed by atoms with E-state index in [0.29, 0.717) is 17.3 Å². The Bertz CT molecular complexity index is 1220. The van der Waals surface area contributed by atoms with Crippen molar-refractivity contribution < 1.29 is 4.79 Å². The first-order valence-corrected chi connectivity index (χ1v) is 10.1. The Labute approximate surface area is 181 Å². The molecule has 1 N–H and O–H groups in total. The fourth-order valence-electron chi connectivity index (χ4n) is 3.22.